The van der Waals surface area contributed by atoms with E-state index in [1.165, 1.54) is 0 Å². The van der Waals surface area contributed by atoms with Gasteiger partial charge in [0.15, 0.2) is 0 Å². The van der Waals surface area contributed by atoms with Crippen LogP contribution < -0.4 is 11.3 Å². The zero-order valence-corrected chi connectivity index (χ0v) is 11.3. The largest absolute Gasteiger partial charge is 0.374 e. The highest BCUT2D eigenvalue weighted by Gasteiger charge is 2.29. The lowest BCUT2D eigenvalue weighted by molar-refractivity contribution is -0.0380. The van der Waals surface area contributed by atoms with Crippen LogP contribution in [0.4, 0.5) is 0 Å². The van der Waals surface area contributed by atoms with Gasteiger partial charge in [0.05, 0.1) is 16.7 Å². The molecule has 1 heterocycles. The maximum atomic E-state index is 6.08. The van der Waals surface area contributed by atoms with E-state index in [-0.39, 0.29) is 11.6 Å². The second-order valence-corrected chi connectivity index (χ2v) is 4.83. The van der Waals surface area contributed by atoms with Crippen molar-refractivity contribution in [1.82, 2.24) is 10.4 Å². The average molecular weight is 258 g/mol. The molecule has 3 N–H and O–H groups in total. The summed E-state index contributed by atoms with van der Waals surface area (Å²) in [6, 6.07) is 1.89. The van der Waals surface area contributed by atoms with Crippen LogP contribution in [0.25, 0.3) is 0 Å². The Balaban J connectivity index is 2.80. The van der Waals surface area contributed by atoms with Crippen molar-refractivity contribution >= 4 is 11.6 Å². The van der Waals surface area contributed by atoms with Gasteiger partial charge in [-0.1, -0.05) is 11.6 Å². The molecule has 1 aromatic heterocycles. The summed E-state index contributed by atoms with van der Waals surface area (Å²) in [5.41, 5.74) is 3.46. The number of halogens is 1. The number of nitrogens with zero attached hydrogens (tertiary/aromatic N) is 1. The molecule has 1 unspecified atom stereocenters. The van der Waals surface area contributed by atoms with Crippen LogP contribution in [0, 0.1) is 0 Å². The molecule has 0 amide bonds. The Morgan fingerprint density at radius 3 is 2.82 bits per heavy atom. The molecule has 0 fully saturated rings. The Morgan fingerprint density at radius 1 is 1.59 bits per heavy atom. The lowest BCUT2D eigenvalue weighted by Gasteiger charge is -2.33. The van der Waals surface area contributed by atoms with E-state index in [4.69, 9.17) is 22.2 Å². The smallest absolute Gasteiger partial charge is 0.0795 e. The van der Waals surface area contributed by atoms with Gasteiger partial charge in [-0.25, -0.2) is 0 Å². The summed E-state index contributed by atoms with van der Waals surface area (Å²) in [5.74, 6) is 5.60. The predicted octanol–water partition coefficient (Wildman–Crippen LogP) is 1.92. The topological polar surface area (TPSA) is 60.2 Å². The molecular weight excluding hydrogens is 238 g/mol. The van der Waals surface area contributed by atoms with Gasteiger partial charge in [0.25, 0.3) is 0 Å². The zero-order valence-electron chi connectivity index (χ0n) is 10.5. The monoisotopic (exact) mass is 257 g/mol. The first-order valence-electron chi connectivity index (χ1n) is 5.69. The second kappa shape index (κ2) is 6.31. The van der Waals surface area contributed by atoms with E-state index in [0.29, 0.717) is 18.1 Å². The van der Waals surface area contributed by atoms with Gasteiger partial charge in [0.2, 0.25) is 0 Å². The number of rotatable bonds is 6. The minimum atomic E-state index is -0.351. The summed E-state index contributed by atoms with van der Waals surface area (Å²) in [7, 11) is 0. The molecule has 0 saturated carbocycles. The molecule has 96 valence electrons. The summed E-state index contributed by atoms with van der Waals surface area (Å²) in [5, 5.41) is 0.653. The molecule has 0 bridgehead atoms. The number of aromatic nitrogens is 1. The molecule has 0 aliphatic carbocycles. The Kier molecular flexibility index (Phi) is 5.33. The third-order valence-corrected chi connectivity index (χ3v) is 3.18. The second-order valence-electron chi connectivity index (χ2n) is 4.43. The Bertz CT molecular complexity index is 357. The molecule has 0 aromatic carbocycles. The fraction of sp³-hybridized carbons (Fsp3) is 0.583. The van der Waals surface area contributed by atoms with E-state index < -0.39 is 0 Å². The molecule has 0 aliphatic rings. The van der Waals surface area contributed by atoms with Crippen molar-refractivity contribution in [3.63, 3.8) is 0 Å². The first kappa shape index (κ1) is 14.4. The SMILES string of the molecule is CCOC(C)(C)C(Cc1ccncc1Cl)NN. The Hall–Kier alpha value is -0.680. The van der Waals surface area contributed by atoms with Gasteiger partial charge in [-0.2, -0.15) is 0 Å². The standard InChI is InChI=1S/C12H20ClN3O/c1-4-17-12(2,3)11(16-14)7-9-5-6-15-8-10(9)13/h5-6,8,11,16H,4,7,14H2,1-3H3. The quantitative estimate of drug-likeness (QED) is 0.604. The van der Waals surface area contributed by atoms with Crippen molar-refractivity contribution in [2.75, 3.05) is 6.61 Å². The van der Waals surface area contributed by atoms with Gasteiger partial charge in [0.1, 0.15) is 0 Å². The first-order valence-corrected chi connectivity index (χ1v) is 6.07. The first-order chi connectivity index (χ1) is 8.01. The van der Waals surface area contributed by atoms with Crippen LogP contribution in [0.3, 0.4) is 0 Å². The minimum Gasteiger partial charge on any atom is -0.374 e. The Morgan fingerprint density at radius 2 is 2.29 bits per heavy atom. The van der Waals surface area contributed by atoms with Crippen molar-refractivity contribution in [2.24, 2.45) is 5.84 Å². The minimum absolute atomic E-state index is 0.0117. The molecule has 1 aromatic rings. The molecule has 4 nitrogen and oxygen atoms in total. The van der Waals surface area contributed by atoms with Crippen LogP contribution >= 0.6 is 11.6 Å². The molecule has 0 radical (unpaired) electrons. The number of nitrogens with one attached hydrogen (secondary N) is 1. The molecular formula is C12H20ClN3O. The highest BCUT2D eigenvalue weighted by Crippen LogP contribution is 2.22. The van der Waals surface area contributed by atoms with Gasteiger partial charge in [0, 0.05) is 19.0 Å². The van der Waals surface area contributed by atoms with Crippen LogP contribution in [0.5, 0.6) is 0 Å². The summed E-state index contributed by atoms with van der Waals surface area (Å²) in [6.45, 7) is 6.64. The van der Waals surface area contributed by atoms with Crippen LogP contribution in [0.15, 0.2) is 18.5 Å². The summed E-state index contributed by atoms with van der Waals surface area (Å²) < 4.78 is 5.69. The highest BCUT2D eigenvalue weighted by atomic mass is 35.5. The normalized spacial score (nSPS) is 13.7. The van der Waals surface area contributed by atoms with E-state index in [9.17, 15) is 0 Å². The van der Waals surface area contributed by atoms with E-state index in [1.807, 2.05) is 26.8 Å². The summed E-state index contributed by atoms with van der Waals surface area (Å²) in [4.78, 5) is 3.96. The van der Waals surface area contributed by atoms with E-state index in [0.717, 1.165) is 5.56 Å². The third-order valence-electron chi connectivity index (χ3n) is 2.84. The van der Waals surface area contributed by atoms with Crippen LogP contribution in [0.2, 0.25) is 5.02 Å². The van der Waals surface area contributed by atoms with Gasteiger partial charge in [-0.05, 0) is 38.8 Å². The number of nitrogens with two attached hydrogens (primary N) is 1. The van der Waals surface area contributed by atoms with Crippen LogP contribution in [-0.4, -0.2) is 23.2 Å². The molecule has 0 aliphatic heterocycles. The van der Waals surface area contributed by atoms with Crippen molar-refractivity contribution in [2.45, 2.75) is 38.8 Å². The molecule has 17 heavy (non-hydrogen) atoms. The fourth-order valence-corrected chi connectivity index (χ4v) is 1.96. The number of hydrogen-bond donors (Lipinski definition) is 2. The van der Waals surface area contributed by atoms with Gasteiger partial charge in [-0.3, -0.25) is 16.3 Å². The predicted molar refractivity (Wildman–Crippen MR) is 69.8 cm³/mol. The molecule has 0 saturated heterocycles. The summed E-state index contributed by atoms with van der Waals surface area (Å²) in [6.07, 6.45) is 4.06. The molecule has 1 rings (SSSR count). The third kappa shape index (κ3) is 3.92. The van der Waals surface area contributed by atoms with Crippen LogP contribution in [0.1, 0.15) is 26.3 Å². The lowest BCUT2D eigenvalue weighted by atomic mass is 9.93. The van der Waals surface area contributed by atoms with Crippen molar-refractivity contribution < 1.29 is 4.74 Å². The number of pyridine rings is 1. The highest BCUT2D eigenvalue weighted by molar-refractivity contribution is 6.31. The van der Waals surface area contributed by atoms with E-state index in [2.05, 4.69) is 10.4 Å². The fourth-order valence-electron chi connectivity index (χ4n) is 1.77. The van der Waals surface area contributed by atoms with E-state index in [1.54, 1.807) is 12.4 Å². The van der Waals surface area contributed by atoms with Crippen molar-refractivity contribution in [3.8, 4) is 0 Å². The maximum absolute atomic E-state index is 6.08. The zero-order chi connectivity index (χ0) is 12.9. The number of ether oxygens (including phenoxy) is 1. The Labute approximate surface area is 107 Å². The van der Waals surface area contributed by atoms with Gasteiger partial charge in [-0.15, -0.1) is 0 Å². The van der Waals surface area contributed by atoms with E-state index >= 15 is 0 Å². The molecule has 5 heteroatoms. The maximum Gasteiger partial charge on any atom is 0.0795 e. The van der Waals surface area contributed by atoms with Crippen LogP contribution in [-0.2, 0) is 11.2 Å². The molecule has 1 atom stereocenters. The molecule has 0 spiro atoms. The number of hydrogen-bond acceptors (Lipinski definition) is 4. The lowest BCUT2D eigenvalue weighted by Crippen LogP contribution is -2.52. The van der Waals surface area contributed by atoms with Crippen molar-refractivity contribution in [3.05, 3.63) is 29.0 Å². The summed E-state index contributed by atoms with van der Waals surface area (Å²) >= 11 is 6.08. The number of hydrazine groups is 1. The average Bonchev–Trinajstić information content (AvgIpc) is 2.27. The van der Waals surface area contributed by atoms with Crippen molar-refractivity contribution in [1.29, 1.82) is 0 Å². The van der Waals surface area contributed by atoms with Gasteiger partial charge >= 0.3 is 0 Å². The van der Waals surface area contributed by atoms with Gasteiger partial charge < -0.3 is 4.74 Å².